The normalized spacial score (nSPS) is 14.0. The second-order valence-corrected chi connectivity index (χ2v) is 7.85. The molecule has 1 fully saturated rings. The van der Waals surface area contributed by atoms with E-state index in [2.05, 4.69) is 10.0 Å². The number of carbonyl (C=O) groups is 1. The highest BCUT2D eigenvalue weighted by molar-refractivity contribution is 7.89. The lowest BCUT2D eigenvalue weighted by molar-refractivity contribution is -0.385. The average Bonchev–Trinajstić information content (AvgIpc) is 3.39. The van der Waals surface area contributed by atoms with Crippen molar-refractivity contribution in [1.29, 1.82) is 0 Å². The van der Waals surface area contributed by atoms with Gasteiger partial charge < -0.3 is 5.32 Å². The van der Waals surface area contributed by atoms with Gasteiger partial charge in [0.05, 0.1) is 9.82 Å². The third-order valence-electron chi connectivity index (χ3n) is 3.97. The second-order valence-electron chi connectivity index (χ2n) is 6.14. The molecule has 2 N–H and O–H groups in total. The van der Waals surface area contributed by atoms with Gasteiger partial charge in [0.2, 0.25) is 10.0 Å². The Hall–Kier alpha value is -2.78. The highest BCUT2D eigenvalue weighted by atomic mass is 32.2. The van der Waals surface area contributed by atoms with Crippen LogP contribution in [0.3, 0.4) is 0 Å². The fourth-order valence-corrected chi connectivity index (χ4v) is 3.73. The van der Waals surface area contributed by atoms with Gasteiger partial charge in [0, 0.05) is 28.9 Å². The molecule has 2 aromatic rings. The van der Waals surface area contributed by atoms with E-state index in [1.54, 1.807) is 13.0 Å². The molecule has 0 aromatic heterocycles. The minimum Gasteiger partial charge on any atom is -0.322 e. The molecular weight excluding hydrogens is 358 g/mol. The van der Waals surface area contributed by atoms with Crippen LogP contribution in [0.2, 0.25) is 0 Å². The summed E-state index contributed by atoms with van der Waals surface area (Å²) in [4.78, 5) is 22.9. The predicted octanol–water partition coefficient (Wildman–Crippen LogP) is 2.60. The van der Waals surface area contributed by atoms with Crippen molar-refractivity contribution in [2.75, 3.05) is 5.32 Å². The lowest BCUT2D eigenvalue weighted by Crippen LogP contribution is -2.26. The second kappa shape index (κ2) is 6.85. The van der Waals surface area contributed by atoms with E-state index in [0.29, 0.717) is 5.56 Å². The van der Waals surface area contributed by atoms with Gasteiger partial charge in [0.25, 0.3) is 11.6 Å². The Morgan fingerprint density at radius 2 is 1.92 bits per heavy atom. The Morgan fingerprint density at radius 1 is 1.19 bits per heavy atom. The molecule has 136 valence electrons. The van der Waals surface area contributed by atoms with Crippen molar-refractivity contribution in [3.63, 3.8) is 0 Å². The maximum absolute atomic E-state index is 12.4. The van der Waals surface area contributed by atoms with E-state index in [1.807, 2.05) is 0 Å². The molecule has 1 aliphatic rings. The summed E-state index contributed by atoms with van der Waals surface area (Å²) >= 11 is 0. The van der Waals surface area contributed by atoms with Crippen molar-refractivity contribution in [3.05, 3.63) is 63.7 Å². The maximum atomic E-state index is 12.4. The van der Waals surface area contributed by atoms with Crippen LogP contribution in [0.25, 0.3) is 0 Å². The van der Waals surface area contributed by atoms with Crippen molar-refractivity contribution in [3.8, 4) is 0 Å². The number of carbonyl (C=O) groups excluding carboxylic acids is 1. The van der Waals surface area contributed by atoms with Gasteiger partial charge >= 0.3 is 0 Å². The molecule has 0 radical (unpaired) electrons. The topological polar surface area (TPSA) is 118 Å². The van der Waals surface area contributed by atoms with E-state index in [9.17, 15) is 23.3 Å². The number of amides is 1. The van der Waals surface area contributed by atoms with Gasteiger partial charge in [-0.3, -0.25) is 14.9 Å². The third-order valence-corrected chi connectivity index (χ3v) is 5.49. The van der Waals surface area contributed by atoms with Crippen LogP contribution in [0.5, 0.6) is 0 Å². The van der Waals surface area contributed by atoms with Gasteiger partial charge in [0.1, 0.15) is 0 Å². The summed E-state index contributed by atoms with van der Waals surface area (Å²) in [7, 11) is -3.67. The molecule has 0 bridgehead atoms. The molecule has 0 unspecified atom stereocenters. The molecule has 9 heteroatoms. The van der Waals surface area contributed by atoms with Crippen LogP contribution >= 0.6 is 0 Å². The first-order valence-corrected chi connectivity index (χ1v) is 9.43. The van der Waals surface area contributed by atoms with Gasteiger partial charge in [-0.15, -0.1) is 0 Å². The van der Waals surface area contributed by atoms with E-state index < -0.39 is 20.9 Å². The minimum atomic E-state index is -3.67. The van der Waals surface area contributed by atoms with E-state index in [0.717, 1.165) is 12.8 Å². The number of nitro groups is 1. The number of nitrogens with zero attached hydrogens (tertiary/aromatic N) is 1. The van der Waals surface area contributed by atoms with E-state index in [1.165, 1.54) is 36.4 Å². The standard InChI is InChI=1S/C17H17N3O5S/c1-11-5-6-14(10-16(11)20(22)23)18-17(21)12-3-2-4-15(9-12)26(24,25)19-13-7-8-13/h2-6,9-10,13,19H,7-8H2,1H3,(H,18,21). The molecule has 2 aromatic carbocycles. The monoisotopic (exact) mass is 375 g/mol. The fraction of sp³-hybridized carbons (Fsp3) is 0.235. The molecule has 1 amide bonds. The van der Waals surface area contributed by atoms with E-state index >= 15 is 0 Å². The highest BCUT2D eigenvalue weighted by Crippen LogP contribution is 2.24. The first-order chi connectivity index (χ1) is 12.3. The van der Waals surface area contributed by atoms with Crippen LogP contribution in [-0.2, 0) is 10.0 Å². The van der Waals surface area contributed by atoms with E-state index in [-0.39, 0.29) is 27.9 Å². The molecule has 0 atom stereocenters. The number of hydrogen-bond acceptors (Lipinski definition) is 5. The molecule has 0 heterocycles. The third kappa shape index (κ3) is 4.06. The average molecular weight is 375 g/mol. The highest BCUT2D eigenvalue weighted by Gasteiger charge is 2.28. The molecule has 8 nitrogen and oxygen atoms in total. The number of aryl methyl sites for hydroxylation is 1. The Labute approximate surface area is 150 Å². The SMILES string of the molecule is Cc1ccc(NC(=O)c2cccc(S(=O)(=O)NC3CC3)c2)cc1[N+](=O)[O-]. The van der Waals surface area contributed by atoms with Gasteiger partial charge in [-0.05, 0) is 44.0 Å². The summed E-state index contributed by atoms with van der Waals surface area (Å²) in [6, 6.07) is 9.97. The zero-order valence-electron chi connectivity index (χ0n) is 13.9. The molecule has 1 aliphatic carbocycles. The molecule has 1 saturated carbocycles. The Balaban J connectivity index is 1.81. The summed E-state index contributed by atoms with van der Waals surface area (Å²) in [5, 5.41) is 13.6. The number of anilines is 1. The van der Waals surface area contributed by atoms with Crippen LogP contribution in [0, 0.1) is 17.0 Å². The summed E-state index contributed by atoms with van der Waals surface area (Å²) < 4.78 is 27.1. The van der Waals surface area contributed by atoms with Gasteiger partial charge in [0.15, 0.2) is 0 Å². The smallest absolute Gasteiger partial charge is 0.274 e. The number of nitrogens with one attached hydrogen (secondary N) is 2. The first kappa shape index (κ1) is 18.0. The molecule has 0 saturated heterocycles. The Kier molecular flexibility index (Phi) is 4.75. The summed E-state index contributed by atoms with van der Waals surface area (Å²) in [6.07, 6.45) is 1.62. The van der Waals surface area contributed by atoms with Crippen LogP contribution in [0.15, 0.2) is 47.4 Å². The summed E-state index contributed by atoms with van der Waals surface area (Å²) in [5.74, 6) is -0.549. The lowest BCUT2D eigenvalue weighted by atomic mass is 10.1. The Morgan fingerprint density at radius 3 is 2.58 bits per heavy atom. The number of rotatable bonds is 6. The lowest BCUT2D eigenvalue weighted by Gasteiger charge is -2.09. The first-order valence-electron chi connectivity index (χ1n) is 7.95. The molecular formula is C17H17N3O5S. The van der Waals surface area contributed by atoms with Crippen LogP contribution < -0.4 is 10.0 Å². The Bertz CT molecular complexity index is 984. The van der Waals surface area contributed by atoms with Gasteiger partial charge in [-0.1, -0.05) is 12.1 Å². The zero-order valence-corrected chi connectivity index (χ0v) is 14.7. The molecule has 26 heavy (non-hydrogen) atoms. The molecule has 0 spiro atoms. The van der Waals surface area contributed by atoms with Crippen molar-refractivity contribution in [2.45, 2.75) is 30.7 Å². The van der Waals surface area contributed by atoms with Crippen LogP contribution in [-0.4, -0.2) is 25.3 Å². The largest absolute Gasteiger partial charge is 0.322 e. The van der Waals surface area contributed by atoms with Gasteiger partial charge in [-0.25, -0.2) is 13.1 Å². The molecule has 3 rings (SSSR count). The number of hydrogen-bond donors (Lipinski definition) is 2. The van der Waals surface area contributed by atoms with Crippen LogP contribution in [0.1, 0.15) is 28.8 Å². The number of nitro benzene ring substituents is 1. The minimum absolute atomic E-state index is 0.00642. The summed E-state index contributed by atoms with van der Waals surface area (Å²) in [6.45, 7) is 1.60. The van der Waals surface area contributed by atoms with Crippen molar-refractivity contribution < 1.29 is 18.1 Å². The predicted molar refractivity (Wildman–Crippen MR) is 95.6 cm³/mol. The van der Waals surface area contributed by atoms with Crippen molar-refractivity contribution in [2.24, 2.45) is 0 Å². The van der Waals surface area contributed by atoms with Gasteiger partial charge in [-0.2, -0.15) is 0 Å². The summed E-state index contributed by atoms with van der Waals surface area (Å²) in [5.41, 5.74) is 0.781. The number of benzene rings is 2. The van der Waals surface area contributed by atoms with E-state index in [4.69, 9.17) is 0 Å². The zero-order chi connectivity index (χ0) is 18.9. The van der Waals surface area contributed by atoms with Crippen molar-refractivity contribution in [1.82, 2.24) is 4.72 Å². The fourth-order valence-electron chi connectivity index (χ4n) is 2.38. The maximum Gasteiger partial charge on any atom is 0.274 e. The van der Waals surface area contributed by atoms with Crippen molar-refractivity contribution >= 4 is 27.3 Å². The molecule has 0 aliphatic heterocycles. The van der Waals surface area contributed by atoms with Crippen LogP contribution in [0.4, 0.5) is 11.4 Å². The quantitative estimate of drug-likeness (QED) is 0.594. The number of sulfonamides is 1.